The van der Waals surface area contributed by atoms with Crippen molar-refractivity contribution in [1.82, 2.24) is 0 Å². The smallest absolute Gasteiger partial charge is 0.259 e. The lowest BCUT2D eigenvalue weighted by Crippen LogP contribution is -2.38. The van der Waals surface area contributed by atoms with Crippen LogP contribution in [0.2, 0.25) is 0 Å². The van der Waals surface area contributed by atoms with Gasteiger partial charge >= 0.3 is 0 Å². The van der Waals surface area contributed by atoms with Crippen molar-refractivity contribution in [1.29, 1.82) is 0 Å². The Morgan fingerprint density at radius 1 is 0.442 bits per heavy atom. The molecule has 7 heteroatoms. The SMILES string of the molecule is O=C(Cc1ccccc1NC(=O)c1ccccc1O)c1ccccc1O.Oc1ccc([P+](c2ccccc2)(c2ccccc2)c2ccccc2)cc1. The number of carbonyl (C=O) groups is 2. The molecule has 7 rings (SSSR count). The molecule has 0 aromatic heterocycles. The van der Waals surface area contributed by atoms with Gasteiger partial charge in [-0.2, -0.15) is 0 Å². The van der Waals surface area contributed by atoms with Crippen LogP contribution in [0.3, 0.4) is 0 Å². The van der Waals surface area contributed by atoms with Crippen LogP contribution in [0.25, 0.3) is 0 Å². The fraction of sp³-hybridized carbons (Fsp3) is 0.0222. The molecule has 0 bridgehead atoms. The number of benzene rings is 7. The Hall–Kier alpha value is -6.49. The monoisotopic (exact) mass is 702 g/mol. The van der Waals surface area contributed by atoms with Gasteiger partial charge in [-0.05, 0) is 96.6 Å². The van der Waals surface area contributed by atoms with Crippen molar-refractivity contribution in [3.05, 3.63) is 205 Å². The quantitative estimate of drug-likeness (QED) is 0.0908. The maximum Gasteiger partial charge on any atom is 0.259 e. The molecule has 0 fully saturated rings. The average Bonchev–Trinajstić information content (AvgIpc) is 3.18. The Kier molecular flexibility index (Phi) is 11.2. The second-order valence-corrected chi connectivity index (χ2v) is 15.3. The lowest BCUT2D eigenvalue weighted by Gasteiger charge is -2.27. The van der Waals surface area contributed by atoms with Gasteiger partial charge in [0.05, 0.1) is 11.1 Å². The number of ketones is 1. The van der Waals surface area contributed by atoms with Crippen molar-refractivity contribution in [2.45, 2.75) is 6.42 Å². The maximum absolute atomic E-state index is 12.5. The third kappa shape index (κ3) is 7.78. The number of amides is 1. The third-order valence-electron chi connectivity index (χ3n) is 8.64. The molecule has 7 aromatic carbocycles. The molecule has 1 amide bonds. The summed E-state index contributed by atoms with van der Waals surface area (Å²) in [7, 11) is -2.04. The highest BCUT2D eigenvalue weighted by atomic mass is 31.2. The molecule has 7 aromatic rings. The molecule has 0 saturated carbocycles. The van der Waals surface area contributed by atoms with Gasteiger partial charge in [0.25, 0.3) is 5.91 Å². The minimum atomic E-state index is -2.04. The number of para-hydroxylation sites is 3. The van der Waals surface area contributed by atoms with E-state index < -0.39 is 13.2 Å². The summed E-state index contributed by atoms with van der Waals surface area (Å²) in [5.74, 6) is -0.625. The number of rotatable bonds is 9. The van der Waals surface area contributed by atoms with Crippen molar-refractivity contribution in [3.8, 4) is 17.2 Å². The van der Waals surface area contributed by atoms with Gasteiger partial charge in [-0.1, -0.05) is 97.1 Å². The van der Waals surface area contributed by atoms with Crippen molar-refractivity contribution in [2.24, 2.45) is 0 Å². The molecule has 6 nitrogen and oxygen atoms in total. The minimum absolute atomic E-state index is 0.0226. The molecule has 52 heavy (non-hydrogen) atoms. The van der Waals surface area contributed by atoms with E-state index in [2.05, 4.69) is 108 Å². The summed E-state index contributed by atoms with van der Waals surface area (Å²) in [6.07, 6.45) is 0.0226. The average molecular weight is 703 g/mol. The molecule has 4 N–H and O–H groups in total. The number of nitrogens with one attached hydrogen (secondary N) is 1. The van der Waals surface area contributed by atoms with Crippen LogP contribution < -0.4 is 26.5 Å². The summed E-state index contributed by atoms with van der Waals surface area (Å²) >= 11 is 0. The second kappa shape index (κ2) is 16.5. The third-order valence-corrected chi connectivity index (χ3v) is 12.9. The molecule has 0 heterocycles. The van der Waals surface area contributed by atoms with Crippen LogP contribution in [0.1, 0.15) is 26.3 Å². The number of hydrogen-bond donors (Lipinski definition) is 4. The Morgan fingerprint density at radius 3 is 1.35 bits per heavy atom. The summed E-state index contributed by atoms with van der Waals surface area (Å²) in [6, 6.07) is 59.4. The van der Waals surface area contributed by atoms with E-state index in [1.165, 1.54) is 39.4 Å². The lowest BCUT2D eigenvalue weighted by atomic mass is 10.0. The molecule has 0 atom stereocenters. The Morgan fingerprint density at radius 2 is 0.846 bits per heavy atom. The molecule has 0 radical (unpaired) electrons. The number of phenolic OH excluding ortho intramolecular Hbond substituents is 3. The predicted molar refractivity (Wildman–Crippen MR) is 212 cm³/mol. The van der Waals surface area contributed by atoms with Crippen molar-refractivity contribution < 1.29 is 24.9 Å². The molecular weight excluding hydrogens is 665 g/mol. The zero-order chi connectivity index (χ0) is 36.3. The number of phenols is 3. The van der Waals surface area contributed by atoms with Gasteiger partial charge in [0.2, 0.25) is 0 Å². The number of aromatic hydroxyl groups is 3. The first-order valence-corrected chi connectivity index (χ1v) is 18.5. The molecule has 0 aliphatic rings. The summed E-state index contributed by atoms with van der Waals surface area (Å²) in [5.41, 5.74) is 1.47. The highest BCUT2D eigenvalue weighted by molar-refractivity contribution is 8.01. The Balaban J connectivity index is 0.000000179. The van der Waals surface area contributed by atoms with Gasteiger partial charge in [-0.15, -0.1) is 0 Å². The normalized spacial score (nSPS) is 10.8. The zero-order valence-corrected chi connectivity index (χ0v) is 29.1. The second-order valence-electron chi connectivity index (χ2n) is 11.9. The summed E-state index contributed by atoms with van der Waals surface area (Å²) < 4.78 is 0. The van der Waals surface area contributed by atoms with Crippen LogP contribution >= 0.6 is 7.26 Å². The summed E-state index contributed by atoms with van der Waals surface area (Å²) in [6.45, 7) is 0. The molecule has 256 valence electrons. The number of Topliss-reactive ketones (excluding diaryl/α,β-unsaturated/α-hetero) is 1. The van der Waals surface area contributed by atoms with E-state index in [0.29, 0.717) is 17.0 Å². The number of carbonyl (C=O) groups excluding carboxylic acids is 2. The minimum Gasteiger partial charge on any atom is -0.508 e. The first kappa shape index (κ1) is 35.3. The molecule has 0 spiro atoms. The fourth-order valence-corrected chi connectivity index (χ4v) is 10.4. The van der Waals surface area contributed by atoms with Crippen molar-refractivity contribution in [2.75, 3.05) is 5.32 Å². The molecule has 0 aliphatic carbocycles. The van der Waals surface area contributed by atoms with Crippen LogP contribution in [0.15, 0.2) is 188 Å². The molecular formula is C45H37NO5P+. The summed E-state index contributed by atoms with van der Waals surface area (Å²) in [4.78, 5) is 24.9. The Labute approximate surface area is 303 Å². The van der Waals surface area contributed by atoms with Crippen LogP contribution in [0, 0.1) is 0 Å². The number of anilines is 1. The molecule has 0 aliphatic heterocycles. The van der Waals surface area contributed by atoms with Gasteiger partial charge < -0.3 is 20.6 Å². The van der Waals surface area contributed by atoms with Crippen molar-refractivity contribution >= 4 is 45.9 Å². The van der Waals surface area contributed by atoms with Gasteiger partial charge in [0, 0.05) is 12.1 Å². The van der Waals surface area contributed by atoms with Crippen LogP contribution in [-0.4, -0.2) is 27.0 Å². The summed E-state index contributed by atoms with van der Waals surface area (Å²) in [5, 5.41) is 37.4. The fourth-order valence-electron chi connectivity index (χ4n) is 6.15. The first-order chi connectivity index (χ1) is 25.4. The van der Waals surface area contributed by atoms with Crippen LogP contribution in [0.5, 0.6) is 17.2 Å². The van der Waals surface area contributed by atoms with Crippen molar-refractivity contribution in [3.63, 3.8) is 0 Å². The van der Waals surface area contributed by atoms with E-state index in [1.54, 1.807) is 66.7 Å². The van der Waals surface area contributed by atoms with Gasteiger partial charge in [-0.25, -0.2) is 0 Å². The zero-order valence-electron chi connectivity index (χ0n) is 28.2. The maximum atomic E-state index is 12.5. The largest absolute Gasteiger partial charge is 0.508 e. The van der Waals surface area contributed by atoms with E-state index in [4.69, 9.17) is 0 Å². The molecule has 0 unspecified atom stereocenters. The van der Waals surface area contributed by atoms with E-state index in [0.717, 1.165) is 0 Å². The van der Waals surface area contributed by atoms with Gasteiger partial charge in [0.15, 0.2) is 5.78 Å². The molecule has 0 saturated heterocycles. The Bertz CT molecular complexity index is 2090. The first-order valence-electron chi connectivity index (χ1n) is 16.7. The van der Waals surface area contributed by atoms with E-state index in [-0.39, 0.29) is 34.8 Å². The lowest BCUT2D eigenvalue weighted by molar-refractivity contribution is 0.0986. The highest BCUT2D eigenvalue weighted by Gasteiger charge is 2.47. The predicted octanol–water partition coefficient (Wildman–Crippen LogP) is 7.79. The van der Waals surface area contributed by atoms with E-state index >= 15 is 0 Å². The highest BCUT2D eigenvalue weighted by Crippen LogP contribution is 2.54. The van der Waals surface area contributed by atoms with Crippen LogP contribution in [0.4, 0.5) is 5.69 Å². The van der Waals surface area contributed by atoms with Gasteiger partial charge in [0.1, 0.15) is 45.7 Å². The van der Waals surface area contributed by atoms with Crippen LogP contribution in [-0.2, 0) is 6.42 Å². The van der Waals surface area contributed by atoms with E-state index in [1.807, 2.05) is 0 Å². The van der Waals surface area contributed by atoms with E-state index in [9.17, 15) is 24.9 Å². The standard InChI is InChI=1S/C24H19OP.C21H17NO4/c25-20-16-18-24(19-17-20)26(21-10-4-1-5-11-21,22-12-6-2-7-13-22)23-14-8-3-9-15-23;23-18-11-5-2-8-15(18)20(25)13-14-7-1-4-10-17(14)22-21(26)16-9-3-6-12-19(16)24/h1-19H;1-12,23-24H,13H2,(H,22,26)/p+1. The topological polar surface area (TPSA) is 107 Å². The van der Waals surface area contributed by atoms with Gasteiger partial charge in [-0.3, -0.25) is 9.59 Å². The number of hydrogen-bond acceptors (Lipinski definition) is 5.